The minimum Gasteiger partial charge on any atom is -0.496 e. The summed E-state index contributed by atoms with van der Waals surface area (Å²) in [5.41, 5.74) is 2.34. The van der Waals surface area contributed by atoms with Crippen LogP contribution in [0.4, 0.5) is 9.59 Å². The molecule has 4 aromatic carbocycles. The van der Waals surface area contributed by atoms with Gasteiger partial charge in [0.15, 0.2) is 0 Å². The molecule has 0 aromatic heterocycles. The summed E-state index contributed by atoms with van der Waals surface area (Å²) in [6.45, 7) is 0.672. The molecule has 6 amide bonds. The first-order valence-corrected chi connectivity index (χ1v) is 25.4. The third-order valence-corrected chi connectivity index (χ3v) is 14.2. The van der Waals surface area contributed by atoms with Crippen molar-refractivity contribution < 1.29 is 45.5 Å². The van der Waals surface area contributed by atoms with E-state index in [1.165, 1.54) is 50.6 Å². The molecule has 2 saturated carbocycles. The zero-order valence-electron chi connectivity index (χ0n) is 36.8. The largest absolute Gasteiger partial charge is 0.496 e. The maximum absolute atomic E-state index is 12.5. The predicted molar refractivity (Wildman–Crippen MR) is 252 cm³/mol. The molecule has 356 valence electrons. The van der Waals surface area contributed by atoms with Gasteiger partial charge in [0.1, 0.15) is 11.5 Å². The van der Waals surface area contributed by atoms with Crippen LogP contribution in [0.25, 0.3) is 0 Å². The topological polar surface area (TPSA) is 227 Å². The Morgan fingerprint density at radius 1 is 0.530 bits per heavy atom. The van der Waals surface area contributed by atoms with Crippen LogP contribution in [0.2, 0.25) is 10.0 Å². The zero-order chi connectivity index (χ0) is 47.7. The summed E-state index contributed by atoms with van der Waals surface area (Å²) in [6, 6.07) is 20.6. The second-order valence-electron chi connectivity index (χ2n) is 15.8. The van der Waals surface area contributed by atoms with Crippen LogP contribution in [0.3, 0.4) is 0 Å². The van der Waals surface area contributed by atoms with E-state index in [0.717, 1.165) is 75.3 Å². The molecule has 20 heteroatoms. The third-order valence-electron chi connectivity index (χ3n) is 11.0. The number of rotatable bonds is 16. The summed E-state index contributed by atoms with van der Waals surface area (Å²) in [7, 11) is -4.98. The average Bonchev–Trinajstić information content (AvgIpc) is 3.29. The number of hydrogen-bond donors (Lipinski definition) is 6. The first kappa shape index (κ1) is 51.4. The zero-order valence-corrected chi connectivity index (χ0v) is 39.9. The molecule has 6 rings (SSSR count). The molecule has 0 spiro atoms. The van der Waals surface area contributed by atoms with Crippen LogP contribution in [-0.4, -0.2) is 80.1 Å². The number of ether oxygens (including phenoxy) is 2. The Hall–Kier alpha value is -5.56. The molecule has 0 aliphatic heterocycles. The lowest BCUT2D eigenvalue weighted by molar-refractivity contribution is 0.0942. The quantitative estimate of drug-likeness (QED) is 0.0658. The molecule has 16 nitrogen and oxygen atoms in total. The average molecular weight is 988 g/mol. The van der Waals surface area contributed by atoms with E-state index in [2.05, 4.69) is 30.7 Å². The van der Waals surface area contributed by atoms with Gasteiger partial charge in [-0.15, -0.1) is 0 Å². The molecule has 0 unspecified atom stereocenters. The lowest BCUT2D eigenvalue weighted by atomic mass is 9.96. The molecule has 4 aromatic rings. The first-order chi connectivity index (χ1) is 31.6. The van der Waals surface area contributed by atoms with Gasteiger partial charge < -0.3 is 30.7 Å². The lowest BCUT2D eigenvalue weighted by Crippen LogP contribution is -2.45. The highest BCUT2D eigenvalue weighted by Crippen LogP contribution is 2.24. The highest BCUT2D eigenvalue weighted by molar-refractivity contribution is 7.90. The van der Waals surface area contributed by atoms with Gasteiger partial charge in [0.25, 0.3) is 31.9 Å². The van der Waals surface area contributed by atoms with Crippen LogP contribution in [0.1, 0.15) is 96.1 Å². The lowest BCUT2D eigenvalue weighted by Gasteiger charge is -2.22. The molecule has 66 heavy (non-hydrogen) atoms. The van der Waals surface area contributed by atoms with E-state index in [-0.39, 0.29) is 33.7 Å². The van der Waals surface area contributed by atoms with Gasteiger partial charge in [0.05, 0.1) is 35.1 Å². The molecule has 2 aliphatic rings. The Balaban J connectivity index is 0.000000247. The number of amides is 6. The monoisotopic (exact) mass is 986 g/mol. The molecule has 0 atom stereocenters. The van der Waals surface area contributed by atoms with Gasteiger partial charge in [0, 0.05) is 35.2 Å². The van der Waals surface area contributed by atoms with E-state index in [1.54, 1.807) is 48.5 Å². The summed E-state index contributed by atoms with van der Waals surface area (Å²) in [5, 5.41) is 11.9. The molecule has 2 aliphatic carbocycles. The van der Waals surface area contributed by atoms with Crippen molar-refractivity contribution in [1.82, 2.24) is 30.7 Å². The summed E-state index contributed by atoms with van der Waals surface area (Å²) in [5.74, 6) is 0.210. The van der Waals surface area contributed by atoms with Crippen LogP contribution in [0, 0.1) is 0 Å². The van der Waals surface area contributed by atoms with Crippen molar-refractivity contribution in [3.63, 3.8) is 0 Å². The number of nitrogens with one attached hydrogen (secondary N) is 6. The SMILES string of the molecule is COc1ccc(Cl)cc1C(=O)NCCc1ccc(S(=O)(=O)NC(=O)NC2CCCCC2)cc1.COc1ccc(Cl)cc1C(=O)NCCc1ccc(S(=O)(=O)NC(=O)NC2CCCCC2)cc1. The fraction of sp³-hybridized carbons (Fsp3) is 0.391. The van der Waals surface area contributed by atoms with Gasteiger partial charge in [-0.2, -0.15) is 0 Å². The summed E-state index contributed by atoms with van der Waals surface area (Å²) in [4.78, 5) is 49.0. The Bertz CT molecular complexity index is 2340. The van der Waals surface area contributed by atoms with Crippen molar-refractivity contribution in [2.45, 2.75) is 98.9 Å². The van der Waals surface area contributed by atoms with E-state index in [9.17, 15) is 36.0 Å². The van der Waals surface area contributed by atoms with Crippen LogP contribution in [0.5, 0.6) is 11.5 Å². The minimum absolute atomic E-state index is 0.00209. The molecular weight excluding hydrogens is 932 g/mol. The highest BCUT2D eigenvalue weighted by Gasteiger charge is 2.23. The maximum atomic E-state index is 12.5. The number of hydrogen-bond acceptors (Lipinski definition) is 10. The van der Waals surface area contributed by atoms with Crippen LogP contribution < -0.4 is 40.2 Å². The molecule has 0 saturated heterocycles. The number of sulfonamides is 2. The predicted octanol–water partition coefficient (Wildman–Crippen LogP) is 7.28. The molecular formula is C46H56Cl2N6O10S2. The highest BCUT2D eigenvalue weighted by atomic mass is 35.5. The molecule has 0 heterocycles. The van der Waals surface area contributed by atoms with Gasteiger partial charge in [-0.25, -0.2) is 35.9 Å². The Kier molecular flexibility index (Phi) is 19.3. The third kappa shape index (κ3) is 15.8. The summed E-state index contributed by atoms with van der Waals surface area (Å²) in [6.07, 6.45) is 10.9. The van der Waals surface area contributed by atoms with Crippen LogP contribution in [-0.2, 0) is 32.9 Å². The van der Waals surface area contributed by atoms with Crippen molar-refractivity contribution in [3.05, 3.63) is 117 Å². The number of methoxy groups -OCH3 is 2. The summed E-state index contributed by atoms with van der Waals surface area (Å²) < 4.78 is 64.5. The summed E-state index contributed by atoms with van der Waals surface area (Å²) >= 11 is 11.9. The van der Waals surface area contributed by atoms with E-state index >= 15 is 0 Å². The van der Waals surface area contributed by atoms with Gasteiger partial charge in [-0.1, -0.05) is 86.0 Å². The minimum atomic E-state index is -3.97. The number of carbonyl (C=O) groups excluding carboxylic acids is 4. The van der Waals surface area contributed by atoms with Crippen molar-refractivity contribution in [1.29, 1.82) is 0 Å². The number of urea groups is 2. The van der Waals surface area contributed by atoms with Gasteiger partial charge in [-0.3, -0.25) is 9.59 Å². The second kappa shape index (κ2) is 24.8. The van der Waals surface area contributed by atoms with Gasteiger partial charge in [0.2, 0.25) is 0 Å². The first-order valence-electron chi connectivity index (χ1n) is 21.6. The van der Waals surface area contributed by atoms with Crippen molar-refractivity contribution in [3.8, 4) is 11.5 Å². The number of benzene rings is 4. The Morgan fingerprint density at radius 2 is 0.879 bits per heavy atom. The van der Waals surface area contributed by atoms with Crippen LogP contribution in [0.15, 0.2) is 94.7 Å². The maximum Gasteiger partial charge on any atom is 0.328 e. The normalized spacial score (nSPS) is 14.4. The fourth-order valence-electron chi connectivity index (χ4n) is 7.50. The molecule has 0 radical (unpaired) electrons. The van der Waals surface area contributed by atoms with E-state index < -0.39 is 32.1 Å². The molecule has 2 fully saturated rings. The van der Waals surface area contributed by atoms with Crippen molar-refractivity contribution >= 4 is 67.1 Å². The van der Waals surface area contributed by atoms with Gasteiger partial charge in [-0.05, 0) is 110 Å². The number of halogens is 2. The molecule has 0 bridgehead atoms. The standard InChI is InChI=1S/2C23H28ClN3O5S/c2*1-32-21-12-9-17(24)15-20(21)22(28)25-14-13-16-7-10-19(11-8-16)33(30,31)27-23(29)26-18-5-3-2-4-6-18/h2*7-12,15,18H,2-6,13-14H2,1H3,(H,25,28)(H2,26,27,29). The van der Waals surface area contributed by atoms with Crippen molar-refractivity contribution in [2.75, 3.05) is 27.3 Å². The van der Waals surface area contributed by atoms with Gasteiger partial charge >= 0.3 is 12.1 Å². The fourth-order valence-corrected chi connectivity index (χ4v) is 9.68. The number of carbonyl (C=O) groups is 4. The van der Waals surface area contributed by atoms with E-state index in [1.807, 2.05) is 0 Å². The molecule has 6 N–H and O–H groups in total. The smallest absolute Gasteiger partial charge is 0.328 e. The Labute approximate surface area is 396 Å². The van der Waals surface area contributed by atoms with Crippen molar-refractivity contribution in [2.24, 2.45) is 0 Å². The van der Waals surface area contributed by atoms with E-state index in [4.69, 9.17) is 32.7 Å². The van der Waals surface area contributed by atoms with Crippen LogP contribution >= 0.6 is 23.2 Å². The second-order valence-corrected chi connectivity index (χ2v) is 20.1. The van der Waals surface area contributed by atoms with E-state index in [0.29, 0.717) is 58.6 Å². The Morgan fingerprint density at radius 3 is 1.21 bits per heavy atom.